The van der Waals surface area contributed by atoms with Gasteiger partial charge >= 0.3 is 0 Å². The molecule has 8 heteroatoms. The predicted molar refractivity (Wildman–Crippen MR) is 103 cm³/mol. The van der Waals surface area contributed by atoms with Crippen molar-refractivity contribution in [1.82, 2.24) is 10.6 Å². The molecule has 2 heterocycles. The average molecular weight is 402 g/mol. The van der Waals surface area contributed by atoms with Gasteiger partial charge < -0.3 is 15.1 Å². The molecule has 1 aromatic carbocycles. The third kappa shape index (κ3) is 4.94. The maximum absolute atomic E-state index is 12.1. The summed E-state index contributed by atoms with van der Waals surface area (Å²) in [6.07, 6.45) is 1.72. The SMILES string of the molecule is N#CC1=C(SCC(=O)NCc2ccco2)NC(=O)C[C@H]1c1ccc(Cl)cc1. The van der Waals surface area contributed by atoms with Crippen LogP contribution in [0.3, 0.4) is 0 Å². The van der Waals surface area contributed by atoms with Gasteiger partial charge in [0, 0.05) is 17.4 Å². The van der Waals surface area contributed by atoms with Crippen LogP contribution in [0.1, 0.15) is 23.7 Å². The smallest absolute Gasteiger partial charge is 0.230 e. The number of nitrogens with one attached hydrogen (secondary N) is 2. The van der Waals surface area contributed by atoms with Crippen LogP contribution in [0.25, 0.3) is 0 Å². The van der Waals surface area contributed by atoms with Gasteiger partial charge in [-0.25, -0.2) is 0 Å². The maximum atomic E-state index is 12.1. The summed E-state index contributed by atoms with van der Waals surface area (Å²) in [7, 11) is 0. The van der Waals surface area contributed by atoms with Gasteiger partial charge in [0.15, 0.2) is 0 Å². The first-order valence-electron chi connectivity index (χ1n) is 8.18. The van der Waals surface area contributed by atoms with E-state index in [-0.39, 0.29) is 36.5 Å². The van der Waals surface area contributed by atoms with Crippen LogP contribution in [0, 0.1) is 11.3 Å². The zero-order valence-corrected chi connectivity index (χ0v) is 15.8. The summed E-state index contributed by atoms with van der Waals surface area (Å²) in [4.78, 5) is 24.1. The molecule has 3 rings (SSSR count). The third-order valence-corrected chi connectivity index (χ3v) is 5.29. The molecule has 0 aliphatic carbocycles. The van der Waals surface area contributed by atoms with Crippen LogP contribution < -0.4 is 10.6 Å². The molecule has 0 saturated carbocycles. The number of amides is 2. The van der Waals surface area contributed by atoms with Gasteiger partial charge in [-0.1, -0.05) is 35.5 Å². The molecule has 0 saturated heterocycles. The highest BCUT2D eigenvalue weighted by Crippen LogP contribution is 2.36. The lowest BCUT2D eigenvalue weighted by molar-refractivity contribution is -0.121. The minimum atomic E-state index is -0.352. The Kier molecular flexibility index (Phi) is 6.22. The maximum Gasteiger partial charge on any atom is 0.230 e. The molecule has 1 aliphatic heterocycles. The third-order valence-electron chi connectivity index (χ3n) is 4.02. The van der Waals surface area contributed by atoms with Gasteiger partial charge in [0.2, 0.25) is 11.8 Å². The van der Waals surface area contributed by atoms with Crippen LogP contribution in [0.4, 0.5) is 0 Å². The molecule has 1 aromatic heterocycles. The Morgan fingerprint density at radius 1 is 1.37 bits per heavy atom. The number of allylic oxidation sites excluding steroid dienone is 1. The van der Waals surface area contributed by atoms with Gasteiger partial charge in [-0.2, -0.15) is 5.26 Å². The van der Waals surface area contributed by atoms with E-state index in [2.05, 4.69) is 16.7 Å². The van der Waals surface area contributed by atoms with Crippen LogP contribution in [0.15, 0.2) is 57.7 Å². The normalized spacial score (nSPS) is 16.6. The highest BCUT2D eigenvalue weighted by molar-refractivity contribution is 8.03. The van der Waals surface area contributed by atoms with Gasteiger partial charge in [-0.05, 0) is 29.8 Å². The zero-order valence-electron chi connectivity index (χ0n) is 14.2. The van der Waals surface area contributed by atoms with E-state index in [0.717, 1.165) is 17.3 Å². The quantitative estimate of drug-likeness (QED) is 0.774. The Balaban J connectivity index is 1.69. The van der Waals surface area contributed by atoms with Crippen molar-refractivity contribution in [2.45, 2.75) is 18.9 Å². The number of thioether (sulfide) groups is 1. The van der Waals surface area contributed by atoms with Crippen LogP contribution >= 0.6 is 23.4 Å². The van der Waals surface area contributed by atoms with Crippen molar-refractivity contribution >= 4 is 35.2 Å². The molecule has 2 aromatic rings. The van der Waals surface area contributed by atoms with E-state index >= 15 is 0 Å². The molecule has 0 spiro atoms. The summed E-state index contributed by atoms with van der Waals surface area (Å²) < 4.78 is 5.16. The van der Waals surface area contributed by atoms with Crippen molar-refractivity contribution in [2.24, 2.45) is 0 Å². The van der Waals surface area contributed by atoms with Crippen LogP contribution in [0.5, 0.6) is 0 Å². The van der Waals surface area contributed by atoms with Crippen LogP contribution in [0.2, 0.25) is 5.02 Å². The lowest BCUT2D eigenvalue weighted by Crippen LogP contribution is -2.32. The van der Waals surface area contributed by atoms with Gasteiger partial charge in [0.25, 0.3) is 0 Å². The standard InChI is InChI=1S/C19H16ClN3O3S/c20-13-5-3-12(4-6-13)15-8-17(24)23-19(16(15)9-21)27-11-18(25)22-10-14-2-1-7-26-14/h1-7,15H,8,10-11H2,(H,22,25)(H,23,24)/t15-/m0/s1. The monoisotopic (exact) mass is 401 g/mol. The molecule has 6 nitrogen and oxygen atoms in total. The molecule has 27 heavy (non-hydrogen) atoms. The van der Waals surface area contributed by atoms with Crippen molar-refractivity contribution in [3.8, 4) is 6.07 Å². The number of hydrogen-bond acceptors (Lipinski definition) is 5. The topological polar surface area (TPSA) is 95.1 Å². The van der Waals surface area contributed by atoms with Crippen LogP contribution in [-0.4, -0.2) is 17.6 Å². The second-order valence-corrected chi connectivity index (χ2v) is 7.28. The van der Waals surface area contributed by atoms with Gasteiger partial charge in [-0.15, -0.1) is 0 Å². The molecule has 1 aliphatic rings. The van der Waals surface area contributed by atoms with E-state index in [4.69, 9.17) is 16.0 Å². The Hall–Kier alpha value is -2.69. The Labute approximate surface area is 165 Å². The second kappa shape index (κ2) is 8.80. The average Bonchev–Trinajstić information content (AvgIpc) is 3.18. The first kappa shape index (κ1) is 19.1. The predicted octanol–water partition coefficient (Wildman–Crippen LogP) is 3.32. The first-order chi connectivity index (χ1) is 13.1. The number of carbonyl (C=O) groups is 2. The molecule has 0 radical (unpaired) electrons. The molecule has 2 N–H and O–H groups in total. The minimum Gasteiger partial charge on any atom is -0.467 e. The number of halogens is 1. The molecular formula is C19H16ClN3O3S. The molecule has 0 fully saturated rings. The van der Waals surface area contributed by atoms with Crippen molar-refractivity contribution in [3.05, 3.63) is 69.6 Å². The summed E-state index contributed by atoms with van der Waals surface area (Å²) in [5.41, 5.74) is 1.28. The highest BCUT2D eigenvalue weighted by atomic mass is 35.5. The van der Waals surface area contributed by atoms with E-state index < -0.39 is 0 Å². The molecular weight excluding hydrogens is 386 g/mol. The Morgan fingerprint density at radius 3 is 2.81 bits per heavy atom. The number of benzene rings is 1. The zero-order chi connectivity index (χ0) is 19.2. The van der Waals surface area contributed by atoms with E-state index in [9.17, 15) is 14.9 Å². The summed E-state index contributed by atoms with van der Waals surface area (Å²) >= 11 is 7.06. The summed E-state index contributed by atoms with van der Waals surface area (Å²) in [5, 5.41) is 16.1. The summed E-state index contributed by atoms with van der Waals surface area (Å²) in [5.74, 6) is -0.0280. The lowest BCUT2D eigenvalue weighted by Gasteiger charge is -2.25. The van der Waals surface area contributed by atoms with E-state index in [0.29, 0.717) is 21.4 Å². The molecule has 2 amide bonds. The molecule has 138 valence electrons. The second-order valence-electron chi connectivity index (χ2n) is 5.86. The summed E-state index contributed by atoms with van der Waals surface area (Å²) in [6, 6.07) is 12.8. The van der Waals surface area contributed by atoms with Crippen molar-refractivity contribution < 1.29 is 14.0 Å². The van der Waals surface area contributed by atoms with E-state index in [1.807, 2.05) is 0 Å². The van der Waals surface area contributed by atoms with Crippen molar-refractivity contribution in [2.75, 3.05) is 5.75 Å². The van der Waals surface area contributed by atoms with E-state index in [1.54, 1.807) is 36.4 Å². The van der Waals surface area contributed by atoms with Gasteiger partial charge in [-0.3, -0.25) is 9.59 Å². The fourth-order valence-corrected chi connectivity index (χ4v) is 3.73. The number of nitrogens with zero attached hydrogens (tertiary/aromatic N) is 1. The lowest BCUT2D eigenvalue weighted by atomic mass is 9.87. The Morgan fingerprint density at radius 2 is 2.15 bits per heavy atom. The number of nitriles is 1. The Bertz CT molecular complexity index is 901. The number of hydrogen-bond donors (Lipinski definition) is 2. The minimum absolute atomic E-state index is 0.0782. The summed E-state index contributed by atoms with van der Waals surface area (Å²) in [6.45, 7) is 0.288. The number of furan rings is 1. The fraction of sp³-hybridized carbons (Fsp3) is 0.211. The number of carbonyl (C=O) groups excluding carboxylic acids is 2. The first-order valence-corrected chi connectivity index (χ1v) is 9.54. The fourth-order valence-electron chi connectivity index (χ4n) is 2.70. The number of rotatable bonds is 6. The van der Waals surface area contributed by atoms with Crippen molar-refractivity contribution in [3.63, 3.8) is 0 Å². The highest BCUT2D eigenvalue weighted by Gasteiger charge is 2.29. The molecule has 1 atom stereocenters. The van der Waals surface area contributed by atoms with Gasteiger partial charge in [0.1, 0.15) is 5.76 Å². The van der Waals surface area contributed by atoms with Crippen molar-refractivity contribution in [1.29, 1.82) is 5.26 Å². The van der Waals surface area contributed by atoms with Crippen LogP contribution in [-0.2, 0) is 16.1 Å². The largest absolute Gasteiger partial charge is 0.467 e. The van der Waals surface area contributed by atoms with E-state index in [1.165, 1.54) is 6.26 Å². The van der Waals surface area contributed by atoms with Gasteiger partial charge in [0.05, 0.1) is 35.2 Å². The molecule has 0 unspecified atom stereocenters. The molecule has 0 bridgehead atoms.